The number of hydrogen-bond donors (Lipinski definition) is 0. The Labute approximate surface area is 460 Å². The number of fused-ring (bicyclic) bond motifs is 6. The fourth-order valence-electron chi connectivity index (χ4n) is 12.3. The minimum absolute atomic E-state index is 0. The van der Waals surface area contributed by atoms with E-state index in [-0.39, 0.29) is 41.8 Å². The van der Waals surface area contributed by atoms with Gasteiger partial charge >= 0.3 is 20.1 Å². The minimum atomic E-state index is -0.146. The molecule has 382 valence electrons. The van der Waals surface area contributed by atoms with Crippen LogP contribution in [0.3, 0.4) is 0 Å². The normalized spacial score (nSPS) is 16.5. The van der Waals surface area contributed by atoms with Crippen LogP contribution < -0.4 is 0 Å². The molecule has 0 spiro atoms. The van der Waals surface area contributed by atoms with E-state index in [2.05, 4.69) is 203 Å². The summed E-state index contributed by atoms with van der Waals surface area (Å²) in [6, 6.07) is 56.9. The molecule has 2 aliphatic heterocycles. The molecule has 3 aromatic heterocycles. The SMILES string of the molecule is CC1(C)c2cc(CCc3cc(CCc4c[c-]c5c(c4)C(C)(C)C(C)(C)c4c(-c6ccccc6)cnn4-5)cc(C4CCCCC4)c3)c[c-]c2-n2ncc(-c3ccccc3)c2C1(C)C.Cn1ccnc1-c1[c-]cccc1.[Ir+3]. The molecule has 1 saturated carbocycles. The van der Waals surface area contributed by atoms with Crippen LogP contribution in [0.4, 0.5) is 0 Å². The van der Waals surface area contributed by atoms with Gasteiger partial charge in [-0.15, -0.1) is 47.0 Å². The third-order valence-corrected chi connectivity index (χ3v) is 18.1. The van der Waals surface area contributed by atoms with Crippen LogP contribution in [0.25, 0.3) is 45.0 Å². The maximum Gasteiger partial charge on any atom is 3.00 e. The predicted octanol–water partition coefficient (Wildman–Crippen LogP) is 15.6. The van der Waals surface area contributed by atoms with Crippen LogP contribution in [0.2, 0.25) is 0 Å². The van der Waals surface area contributed by atoms with Gasteiger partial charge in [0.05, 0.1) is 29.6 Å². The Hall–Kier alpha value is -6.40. The second-order valence-electron chi connectivity index (χ2n) is 23.5. The molecule has 0 bridgehead atoms. The molecule has 75 heavy (non-hydrogen) atoms. The van der Waals surface area contributed by atoms with Crippen molar-refractivity contribution in [2.45, 2.75) is 141 Å². The molecule has 0 N–H and O–H groups in total. The standard InChI is InChI=1S/C58H62N4.C10H9N2.Ir/c1-55(2)49-35-39(28-30-51(49)61-53(57(55,5)6)47(37-59-61)44-20-14-10-15-21-44)24-26-41-32-42(34-46(33-41)43-18-12-9-13-19-43)27-25-40-29-31-52-50(36-40)56(3,4)58(7,8)54-48(38-60-62(52)54)45-22-16-11-17-23-45;1-12-8-7-11-10(12)9-5-3-2-4-6-9;/h10-11,14-17,20-23,28-29,32-38,43H,9,12-13,18-19,24-27H2,1-8H3;2-5,7-8H,1H3;/q-2;-1;+3. The molecule has 0 radical (unpaired) electrons. The van der Waals surface area contributed by atoms with Crippen LogP contribution in [0.1, 0.15) is 144 Å². The summed E-state index contributed by atoms with van der Waals surface area (Å²) in [4.78, 5) is 4.22. The molecule has 0 amide bonds. The number of aromatic nitrogens is 6. The van der Waals surface area contributed by atoms with Crippen LogP contribution in [0.5, 0.6) is 0 Å². The number of imidazole rings is 1. The van der Waals surface area contributed by atoms with Crippen molar-refractivity contribution >= 4 is 0 Å². The molecule has 0 saturated heterocycles. The van der Waals surface area contributed by atoms with Gasteiger partial charge in [0, 0.05) is 41.4 Å². The monoisotopic (exact) mass is 1160 g/mol. The number of nitrogens with zero attached hydrogens (tertiary/aromatic N) is 6. The Morgan fingerprint density at radius 3 is 1.47 bits per heavy atom. The number of benzene rings is 6. The molecule has 3 aliphatic rings. The number of hydrogen-bond acceptors (Lipinski definition) is 3. The van der Waals surface area contributed by atoms with Gasteiger partial charge in [-0.1, -0.05) is 166 Å². The number of aryl methyl sites for hydroxylation is 5. The second-order valence-corrected chi connectivity index (χ2v) is 23.5. The first-order chi connectivity index (χ1) is 35.6. The van der Waals surface area contributed by atoms with E-state index < -0.39 is 0 Å². The van der Waals surface area contributed by atoms with Gasteiger partial charge in [-0.25, -0.2) is 0 Å². The van der Waals surface area contributed by atoms with E-state index in [0.717, 1.165) is 48.4 Å². The summed E-state index contributed by atoms with van der Waals surface area (Å²) in [6.45, 7) is 19.2. The first-order valence-electron chi connectivity index (χ1n) is 27.1. The van der Waals surface area contributed by atoms with E-state index in [0.29, 0.717) is 5.92 Å². The van der Waals surface area contributed by atoms with Crippen LogP contribution in [0.15, 0.2) is 152 Å². The zero-order chi connectivity index (χ0) is 51.4. The second kappa shape index (κ2) is 20.6. The van der Waals surface area contributed by atoms with Crippen molar-refractivity contribution in [3.63, 3.8) is 0 Å². The average Bonchev–Trinajstić information content (AvgIpc) is 4.20. The fourth-order valence-corrected chi connectivity index (χ4v) is 12.3. The topological polar surface area (TPSA) is 53.5 Å². The molecule has 0 unspecified atom stereocenters. The molecule has 12 rings (SSSR count). The largest absolute Gasteiger partial charge is 3.00 e. The molecule has 6 nitrogen and oxygen atoms in total. The van der Waals surface area contributed by atoms with Gasteiger partial charge in [0.2, 0.25) is 0 Å². The van der Waals surface area contributed by atoms with Crippen LogP contribution in [-0.2, 0) is 74.5 Å². The summed E-state index contributed by atoms with van der Waals surface area (Å²) in [5.41, 5.74) is 19.9. The average molecular weight is 1160 g/mol. The smallest absolute Gasteiger partial charge is 0.373 e. The Balaban J connectivity index is 0.000000433. The Morgan fingerprint density at radius 2 is 1.01 bits per heavy atom. The maximum absolute atomic E-state index is 5.00. The van der Waals surface area contributed by atoms with Gasteiger partial charge in [0.1, 0.15) is 0 Å². The third-order valence-electron chi connectivity index (χ3n) is 18.1. The molecule has 1 aliphatic carbocycles. The summed E-state index contributed by atoms with van der Waals surface area (Å²) in [6.07, 6.45) is 18.5. The first kappa shape index (κ1) is 52.1. The fraction of sp³-hybridized carbons (Fsp3) is 0.338. The summed E-state index contributed by atoms with van der Waals surface area (Å²) >= 11 is 0. The van der Waals surface area contributed by atoms with Gasteiger partial charge in [-0.2, -0.15) is 57.7 Å². The Kier molecular flexibility index (Phi) is 14.3. The summed E-state index contributed by atoms with van der Waals surface area (Å²) in [5.74, 6) is 1.62. The van der Waals surface area contributed by atoms with Crippen LogP contribution in [-0.4, -0.2) is 29.1 Å². The molecular weight excluding hydrogens is 1090 g/mol. The van der Waals surface area contributed by atoms with Crippen molar-refractivity contribution in [1.82, 2.24) is 29.1 Å². The predicted molar refractivity (Wildman–Crippen MR) is 302 cm³/mol. The molecule has 0 atom stereocenters. The van der Waals surface area contributed by atoms with E-state index in [1.54, 1.807) is 11.8 Å². The molecule has 5 heterocycles. The molecule has 1 fully saturated rings. The van der Waals surface area contributed by atoms with E-state index in [4.69, 9.17) is 10.2 Å². The molecule has 9 aromatic rings. The van der Waals surface area contributed by atoms with Crippen molar-refractivity contribution in [2.75, 3.05) is 0 Å². The van der Waals surface area contributed by atoms with Gasteiger partial charge in [0.15, 0.2) is 0 Å². The summed E-state index contributed by atoms with van der Waals surface area (Å²) < 4.78 is 6.32. The minimum Gasteiger partial charge on any atom is -0.373 e. The van der Waals surface area contributed by atoms with Crippen molar-refractivity contribution < 1.29 is 20.1 Å². The van der Waals surface area contributed by atoms with Crippen LogP contribution in [0, 0.1) is 18.2 Å². The van der Waals surface area contributed by atoms with E-state index in [1.165, 1.54) is 99.1 Å². The number of rotatable bonds is 10. The maximum atomic E-state index is 5.00. The van der Waals surface area contributed by atoms with E-state index in [9.17, 15) is 0 Å². The Morgan fingerprint density at radius 1 is 0.533 bits per heavy atom. The molecule has 7 heteroatoms. The zero-order valence-electron chi connectivity index (χ0n) is 45.4. The summed E-state index contributed by atoms with van der Waals surface area (Å²) in [5, 5.41) is 9.99. The van der Waals surface area contributed by atoms with Gasteiger partial charge < -0.3 is 4.57 Å². The van der Waals surface area contributed by atoms with E-state index >= 15 is 0 Å². The van der Waals surface area contributed by atoms with Crippen LogP contribution >= 0.6 is 0 Å². The first-order valence-corrected chi connectivity index (χ1v) is 27.1. The van der Waals surface area contributed by atoms with Crippen molar-refractivity contribution in [3.8, 4) is 45.0 Å². The van der Waals surface area contributed by atoms with Crippen molar-refractivity contribution in [2.24, 2.45) is 7.05 Å². The van der Waals surface area contributed by atoms with Crippen molar-refractivity contribution in [1.29, 1.82) is 0 Å². The molecule has 6 aromatic carbocycles. The van der Waals surface area contributed by atoms with Gasteiger partial charge in [0.25, 0.3) is 0 Å². The summed E-state index contributed by atoms with van der Waals surface area (Å²) in [7, 11) is 1.98. The van der Waals surface area contributed by atoms with Crippen molar-refractivity contribution in [3.05, 3.63) is 221 Å². The quantitative estimate of drug-likeness (QED) is 0.128. The van der Waals surface area contributed by atoms with Gasteiger partial charge in [-0.05, 0) is 81.6 Å². The molecular formula is C68H71IrN6. The third kappa shape index (κ3) is 9.43. The van der Waals surface area contributed by atoms with Gasteiger partial charge in [-0.3, -0.25) is 14.3 Å². The zero-order valence-corrected chi connectivity index (χ0v) is 47.8. The van der Waals surface area contributed by atoms with E-state index in [1.807, 2.05) is 42.1 Å². The Bertz CT molecular complexity index is 3260.